The van der Waals surface area contributed by atoms with Gasteiger partial charge in [0, 0.05) is 5.92 Å². The number of ether oxygens (including phenoxy) is 1. The fourth-order valence-corrected chi connectivity index (χ4v) is 7.10. The summed E-state index contributed by atoms with van der Waals surface area (Å²) >= 11 is 0. The lowest BCUT2D eigenvalue weighted by atomic mass is 9.46. The van der Waals surface area contributed by atoms with Gasteiger partial charge in [0.1, 0.15) is 5.60 Å². The molecule has 0 aromatic rings. The Morgan fingerprint density at radius 2 is 1.89 bits per heavy atom. The van der Waals surface area contributed by atoms with Gasteiger partial charge in [-0.3, -0.25) is 4.79 Å². The third kappa shape index (κ3) is 4.07. The average molecular weight is 381 g/mol. The predicted molar refractivity (Wildman–Crippen MR) is 106 cm³/mol. The maximum Gasteiger partial charge on any atom is 0.309 e. The van der Waals surface area contributed by atoms with Gasteiger partial charge in [-0.15, -0.1) is 0 Å². The van der Waals surface area contributed by atoms with Crippen LogP contribution < -0.4 is 0 Å². The average Bonchev–Trinajstić information content (AvgIpc) is 2.60. The highest BCUT2D eigenvalue weighted by Gasteiger charge is 2.58. The topological polar surface area (TPSA) is 66.8 Å². The van der Waals surface area contributed by atoms with Crippen molar-refractivity contribution in [3.63, 3.8) is 0 Å². The Bertz CT molecular complexity index is 532. The van der Waals surface area contributed by atoms with Gasteiger partial charge in [-0.2, -0.15) is 0 Å². The van der Waals surface area contributed by atoms with Crippen molar-refractivity contribution in [3.8, 4) is 0 Å². The first kappa shape index (κ1) is 21.1. The van der Waals surface area contributed by atoms with E-state index in [4.69, 9.17) is 9.84 Å². The molecule has 0 heterocycles. The first-order valence-electron chi connectivity index (χ1n) is 11.2. The second kappa shape index (κ2) is 8.02. The van der Waals surface area contributed by atoms with E-state index in [1.54, 1.807) is 0 Å². The van der Waals surface area contributed by atoms with E-state index in [2.05, 4.69) is 27.7 Å². The van der Waals surface area contributed by atoms with E-state index in [0.717, 1.165) is 42.9 Å². The highest BCUT2D eigenvalue weighted by atomic mass is 16.6. The Balaban J connectivity index is 1.74. The van der Waals surface area contributed by atoms with Crippen LogP contribution in [0.15, 0.2) is 0 Å². The molecule has 3 fully saturated rings. The van der Waals surface area contributed by atoms with Gasteiger partial charge in [-0.25, -0.2) is 0 Å². The normalized spacial score (nSPS) is 42.9. The molecule has 0 aromatic heterocycles. The van der Waals surface area contributed by atoms with Crippen molar-refractivity contribution in [3.05, 3.63) is 0 Å². The lowest BCUT2D eigenvalue weighted by Crippen LogP contribution is -2.58. The third-order valence-corrected chi connectivity index (χ3v) is 8.52. The fraction of sp³-hybridized carbons (Fsp3) is 0.957. The molecule has 4 nitrogen and oxygen atoms in total. The van der Waals surface area contributed by atoms with Crippen LogP contribution in [0, 0.1) is 35.0 Å². The van der Waals surface area contributed by atoms with Crippen molar-refractivity contribution in [2.45, 2.75) is 97.2 Å². The maximum absolute atomic E-state index is 12.4. The maximum atomic E-state index is 12.4. The van der Waals surface area contributed by atoms with Crippen LogP contribution in [0.25, 0.3) is 0 Å². The lowest BCUT2D eigenvalue weighted by Gasteiger charge is -2.61. The molecule has 0 amide bonds. The highest BCUT2D eigenvalue weighted by molar-refractivity contribution is 5.70. The quantitative estimate of drug-likeness (QED) is 0.697. The number of carbonyl (C=O) groups is 1. The van der Waals surface area contributed by atoms with Gasteiger partial charge in [-0.1, -0.05) is 20.8 Å². The highest BCUT2D eigenvalue weighted by Crippen LogP contribution is 2.63. The summed E-state index contributed by atoms with van der Waals surface area (Å²) in [6.45, 7) is 8.94. The predicted octanol–water partition coefficient (Wildman–Crippen LogP) is 4.32. The standard InChI is InChI=1S/C23H40O4/c1-15(2)16-6-8-19-17(12-16)7-9-20-22(19,3)10-5-11-23(20,4)27-21(26)13-18(25)14-24/h15-20,24-25H,5-14H2,1-4H3. The molecule has 2 N–H and O–H groups in total. The van der Waals surface area contributed by atoms with Crippen LogP contribution in [-0.2, 0) is 9.53 Å². The zero-order valence-electron chi connectivity index (χ0n) is 17.7. The molecular weight excluding hydrogens is 340 g/mol. The number of fused-ring (bicyclic) bond motifs is 3. The van der Waals surface area contributed by atoms with Crippen LogP contribution in [0.2, 0.25) is 0 Å². The van der Waals surface area contributed by atoms with E-state index in [1.807, 2.05) is 0 Å². The van der Waals surface area contributed by atoms with Gasteiger partial charge in [0.05, 0.1) is 19.1 Å². The van der Waals surface area contributed by atoms with E-state index in [-0.39, 0.29) is 17.8 Å². The second-order valence-electron chi connectivity index (χ2n) is 10.5. The number of esters is 1. The summed E-state index contributed by atoms with van der Waals surface area (Å²) < 4.78 is 6.02. The van der Waals surface area contributed by atoms with Crippen molar-refractivity contribution in [2.24, 2.45) is 35.0 Å². The van der Waals surface area contributed by atoms with Crippen LogP contribution in [0.4, 0.5) is 0 Å². The first-order valence-corrected chi connectivity index (χ1v) is 11.2. The largest absolute Gasteiger partial charge is 0.459 e. The zero-order chi connectivity index (χ0) is 19.8. The van der Waals surface area contributed by atoms with Gasteiger partial charge >= 0.3 is 5.97 Å². The van der Waals surface area contributed by atoms with Gasteiger partial charge in [0.15, 0.2) is 0 Å². The molecule has 0 spiro atoms. The minimum absolute atomic E-state index is 0.113. The number of hydrogen-bond acceptors (Lipinski definition) is 4. The molecule has 0 aromatic carbocycles. The van der Waals surface area contributed by atoms with Crippen molar-refractivity contribution >= 4 is 5.97 Å². The van der Waals surface area contributed by atoms with Gasteiger partial charge in [-0.05, 0) is 87.4 Å². The monoisotopic (exact) mass is 380 g/mol. The van der Waals surface area contributed by atoms with Gasteiger partial charge in [0.25, 0.3) is 0 Å². The number of carbonyl (C=O) groups excluding carboxylic acids is 1. The molecule has 156 valence electrons. The van der Waals surface area contributed by atoms with Crippen LogP contribution in [0.5, 0.6) is 0 Å². The molecule has 27 heavy (non-hydrogen) atoms. The number of aliphatic hydroxyl groups excluding tert-OH is 2. The molecule has 4 heteroatoms. The molecule has 3 rings (SSSR count). The minimum Gasteiger partial charge on any atom is -0.459 e. The summed E-state index contributed by atoms with van der Waals surface area (Å²) in [5.74, 6) is 3.29. The number of rotatable bonds is 5. The Labute approximate surface area is 165 Å². The Hall–Kier alpha value is -0.610. The van der Waals surface area contributed by atoms with Crippen molar-refractivity contribution in [1.82, 2.24) is 0 Å². The molecule has 3 aliphatic rings. The molecule has 0 bridgehead atoms. The third-order valence-electron chi connectivity index (χ3n) is 8.52. The van der Waals surface area contributed by atoms with Crippen LogP contribution in [0.1, 0.15) is 85.5 Å². The summed E-state index contributed by atoms with van der Waals surface area (Å²) in [4.78, 5) is 12.4. The molecule has 0 aliphatic heterocycles. The molecule has 0 radical (unpaired) electrons. The van der Waals surface area contributed by atoms with E-state index in [9.17, 15) is 9.90 Å². The van der Waals surface area contributed by atoms with Crippen LogP contribution in [-0.4, -0.2) is 34.5 Å². The molecular formula is C23H40O4. The number of aliphatic hydroxyl groups is 2. The van der Waals surface area contributed by atoms with Crippen LogP contribution >= 0.6 is 0 Å². The van der Waals surface area contributed by atoms with Gasteiger partial charge in [0.2, 0.25) is 0 Å². The number of hydrogen-bond donors (Lipinski definition) is 2. The smallest absolute Gasteiger partial charge is 0.309 e. The summed E-state index contributed by atoms with van der Waals surface area (Å²) in [6.07, 6.45) is 8.61. The summed E-state index contributed by atoms with van der Waals surface area (Å²) in [5, 5.41) is 18.6. The fourth-order valence-electron chi connectivity index (χ4n) is 7.10. The summed E-state index contributed by atoms with van der Waals surface area (Å²) in [5.41, 5.74) is -0.174. The SMILES string of the molecule is CC(C)C1CCC2C(CCC3C(C)(OC(=O)CC(O)CO)CCCC23C)C1. The van der Waals surface area contributed by atoms with Crippen molar-refractivity contribution in [1.29, 1.82) is 0 Å². The first-order chi connectivity index (χ1) is 12.7. The van der Waals surface area contributed by atoms with E-state index < -0.39 is 18.3 Å². The Morgan fingerprint density at radius 3 is 2.56 bits per heavy atom. The van der Waals surface area contributed by atoms with E-state index in [1.165, 1.54) is 32.1 Å². The molecule has 3 aliphatic carbocycles. The lowest BCUT2D eigenvalue weighted by molar-refractivity contribution is -0.199. The second-order valence-corrected chi connectivity index (χ2v) is 10.5. The molecule has 7 unspecified atom stereocenters. The van der Waals surface area contributed by atoms with Crippen molar-refractivity contribution in [2.75, 3.05) is 6.61 Å². The Morgan fingerprint density at radius 1 is 1.15 bits per heavy atom. The molecule has 3 saturated carbocycles. The van der Waals surface area contributed by atoms with Gasteiger partial charge < -0.3 is 14.9 Å². The van der Waals surface area contributed by atoms with Crippen LogP contribution in [0.3, 0.4) is 0 Å². The Kier molecular flexibility index (Phi) is 6.27. The zero-order valence-corrected chi connectivity index (χ0v) is 17.7. The molecule has 7 atom stereocenters. The minimum atomic E-state index is -1.02. The summed E-state index contributed by atoms with van der Waals surface area (Å²) in [7, 11) is 0. The summed E-state index contributed by atoms with van der Waals surface area (Å²) in [6, 6.07) is 0. The van der Waals surface area contributed by atoms with E-state index >= 15 is 0 Å². The van der Waals surface area contributed by atoms with Crippen molar-refractivity contribution < 1.29 is 19.7 Å². The molecule has 0 saturated heterocycles. The van der Waals surface area contributed by atoms with E-state index in [0.29, 0.717) is 5.92 Å².